The SMILES string of the molecule is Brc1c2c(c(-c3ccc4c(c3)oc3ccccc34)c3c1CCCC3)CCCC2. The summed E-state index contributed by atoms with van der Waals surface area (Å²) < 4.78 is 7.64. The van der Waals surface area contributed by atoms with Gasteiger partial charge in [-0.3, -0.25) is 0 Å². The molecule has 0 fully saturated rings. The molecule has 0 bridgehead atoms. The van der Waals surface area contributed by atoms with E-state index < -0.39 is 0 Å². The van der Waals surface area contributed by atoms with Gasteiger partial charge in [-0.2, -0.15) is 0 Å². The van der Waals surface area contributed by atoms with Gasteiger partial charge in [0.1, 0.15) is 11.2 Å². The summed E-state index contributed by atoms with van der Waals surface area (Å²) in [7, 11) is 0. The summed E-state index contributed by atoms with van der Waals surface area (Å²) in [4.78, 5) is 0. The van der Waals surface area contributed by atoms with Crippen molar-refractivity contribution in [1.82, 2.24) is 0 Å². The number of halogens is 1. The van der Waals surface area contributed by atoms with Crippen LogP contribution < -0.4 is 0 Å². The van der Waals surface area contributed by atoms with Crippen LogP contribution in [0.15, 0.2) is 51.4 Å². The molecule has 0 saturated heterocycles. The predicted molar refractivity (Wildman–Crippen MR) is 120 cm³/mol. The lowest BCUT2D eigenvalue weighted by atomic mass is 9.77. The van der Waals surface area contributed by atoms with Crippen LogP contribution in [0.4, 0.5) is 0 Å². The lowest BCUT2D eigenvalue weighted by Gasteiger charge is -2.29. The van der Waals surface area contributed by atoms with Crippen molar-refractivity contribution in [2.75, 3.05) is 0 Å². The molecule has 1 heterocycles. The molecule has 4 aromatic rings. The monoisotopic (exact) mass is 430 g/mol. The quantitative estimate of drug-likeness (QED) is 0.300. The highest BCUT2D eigenvalue weighted by molar-refractivity contribution is 9.10. The van der Waals surface area contributed by atoms with Crippen molar-refractivity contribution in [3.63, 3.8) is 0 Å². The first-order chi connectivity index (χ1) is 13.8. The Morgan fingerprint density at radius 3 is 1.96 bits per heavy atom. The fraction of sp³-hybridized carbons (Fsp3) is 0.308. The topological polar surface area (TPSA) is 13.1 Å². The van der Waals surface area contributed by atoms with Crippen molar-refractivity contribution in [3.8, 4) is 11.1 Å². The van der Waals surface area contributed by atoms with Crippen LogP contribution in [0.25, 0.3) is 33.1 Å². The minimum absolute atomic E-state index is 0.981. The van der Waals surface area contributed by atoms with E-state index in [4.69, 9.17) is 4.42 Å². The fourth-order valence-electron chi connectivity index (χ4n) is 5.44. The number of benzene rings is 3. The van der Waals surface area contributed by atoms with Crippen LogP contribution in [0.5, 0.6) is 0 Å². The summed E-state index contributed by atoms with van der Waals surface area (Å²) in [6.07, 6.45) is 10.1. The third-order valence-corrected chi connectivity index (χ3v) is 7.69. The van der Waals surface area contributed by atoms with E-state index in [1.54, 1.807) is 22.3 Å². The summed E-state index contributed by atoms with van der Waals surface area (Å²) in [6.45, 7) is 0. The van der Waals surface area contributed by atoms with Gasteiger partial charge in [-0.05, 0) is 103 Å². The molecule has 140 valence electrons. The van der Waals surface area contributed by atoms with Gasteiger partial charge in [0, 0.05) is 15.2 Å². The van der Waals surface area contributed by atoms with Crippen LogP contribution in [0.2, 0.25) is 0 Å². The van der Waals surface area contributed by atoms with Gasteiger partial charge in [0.2, 0.25) is 0 Å². The Hall–Kier alpha value is -2.06. The zero-order valence-corrected chi connectivity index (χ0v) is 17.6. The molecule has 3 aromatic carbocycles. The van der Waals surface area contributed by atoms with E-state index in [1.807, 2.05) is 6.07 Å². The Morgan fingerprint density at radius 2 is 1.25 bits per heavy atom. The number of rotatable bonds is 1. The van der Waals surface area contributed by atoms with E-state index in [0.717, 1.165) is 11.2 Å². The molecule has 28 heavy (non-hydrogen) atoms. The zero-order valence-electron chi connectivity index (χ0n) is 16.0. The minimum Gasteiger partial charge on any atom is -0.456 e. The Kier molecular flexibility index (Phi) is 3.91. The lowest BCUT2D eigenvalue weighted by molar-refractivity contribution is 0.655. The molecule has 0 atom stereocenters. The molecule has 1 aromatic heterocycles. The average molecular weight is 431 g/mol. The van der Waals surface area contributed by atoms with Gasteiger partial charge < -0.3 is 4.42 Å². The Balaban J connectivity index is 1.64. The maximum atomic E-state index is 6.22. The molecule has 0 amide bonds. The van der Waals surface area contributed by atoms with Gasteiger partial charge in [0.25, 0.3) is 0 Å². The molecule has 2 aliphatic carbocycles. The van der Waals surface area contributed by atoms with Crippen molar-refractivity contribution >= 4 is 37.9 Å². The molecule has 0 N–H and O–H groups in total. The van der Waals surface area contributed by atoms with Crippen molar-refractivity contribution < 1.29 is 4.42 Å². The number of para-hydroxylation sites is 1. The van der Waals surface area contributed by atoms with Crippen molar-refractivity contribution in [2.45, 2.75) is 51.4 Å². The van der Waals surface area contributed by atoms with Crippen LogP contribution in [-0.2, 0) is 25.7 Å². The second-order valence-electron chi connectivity index (χ2n) is 8.33. The first kappa shape index (κ1) is 16.9. The molecule has 0 unspecified atom stereocenters. The summed E-state index contributed by atoms with van der Waals surface area (Å²) >= 11 is 4.00. The van der Waals surface area contributed by atoms with Crippen molar-refractivity contribution in [3.05, 3.63) is 69.2 Å². The lowest BCUT2D eigenvalue weighted by Crippen LogP contribution is -2.14. The van der Waals surface area contributed by atoms with Crippen LogP contribution >= 0.6 is 15.9 Å². The predicted octanol–water partition coefficient (Wildman–Crippen LogP) is 7.77. The number of hydrogen-bond donors (Lipinski definition) is 0. The molecule has 2 aliphatic rings. The maximum Gasteiger partial charge on any atom is 0.136 e. The standard InChI is InChI=1S/C26H23BrO/c27-26-21-10-3-1-8-19(21)25(20-9-2-4-11-22(20)26)16-13-14-18-17-7-5-6-12-23(17)28-24(18)15-16/h5-7,12-15H,1-4,8-11H2. The van der Waals surface area contributed by atoms with E-state index >= 15 is 0 Å². The molecular weight excluding hydrogens is 408 g/mol. The summed E-state index contributed by atoms with van der Waals surface area (Å²) in [6, 6.07) is 15.3. The summed E-state index contributed by atoms with van der Waals surface area (Å²) in [5.74, 6) is 0. The van der Waals surface area contributed by atoms with Gasteiger partial charge in [-0.25, -0.2) is 0 Å². The molecular formula is C26H23BrO. The first-order valence-electron chi connectivity index (χ1n) is 10.6. The van der Waals surface area contributed by atoms with E-state index in [9.17, 15) is 0 Å². The molecule has 6 rings (SSSR count). The second-order valence-corrected chi connectivity index (χ2v) is 9.12. The van der Waals surface area contributed by atoms with Gasteiger partial charge in [-0.15, -0.1) is 0 Å². The van der Waals surface area contributed by atoms with E-state index in [2.05, 4.69) is 52.3 Å². The first-order valence-corrected chi connectivity index (χ1v) is 11.4. The minimum atomic E-state index is 0.981. The third kappa shape index (κ3) is 2.43. The Morgan fingerprint density at radius 1 is 0.643 bits per heavy atom. The molecule has 0 aliphatic heterocycles. The van der Waals surface area contributed by atoms with Crippen LogP contribution in [0, 0.1) is 0 Å². The number of fused-ring (bicyclic) bond motifs is 5. The normalized spacial score (nSPS) is 16.3. The van der Waals surface area contributed by atoms with Crippen LogP contribution in [-0.4, -0.2) is 0 Å². The Bertz CT molecular complexity index is 1190. The third-order valence-electron chi connectivity index (χ3n) is 6.74. The fourth-order valence-corrected chi connectivity index (χ4v) is 6.32. The van der Waals surface area contributed by atoms with Gasteiger partial charge in [0.05, 0.1) is 0 Å². The highest BCUT2D eigenvalue weighted by Crippen LogP contribution is 2.45. The second kappa shape index (κ2) is 6.49. The van der Waals surface area contributed by atoms with Gasteiger partial charge in [-0.1, -0.05) is 40.2 Å². The van der Waals surface area contributed by atoms with E-state index in [1.165, 1.54) is 77.7 Å². The number of hydrogen-bond acceptors (Lipinski definition) is 1. The summed E-state index contributed by atoms with van der Waals surface area (Å²) in [5, 5.41) is 2.43. The van der Waals surface area contributed by atoms with E-state index in [0.29, 0.717) is 0 Å². The highest BCUT2D eigenvalue weighted by atomic mass is 79.9. The van der Waals surface area contributed by atoms with E-state index in [-0.39, 0.29) is 0 Å². The highest BCUT2D eigenvalue weighted by Gasteiger charge is 2.26. The van der Waals surface area contributed by atoms with Crippen LogP contribution in [0.3, 0.4) is 0 Å². The van der Waals surface area contributed by atoms with Crippen molar-refractivity contribution in [1.29, 1.82) is 0 Å². The maximum absolute atomic E-state index is 6.22. The average Bonchev–Trinajstić information content (AvgIpc) is 3.12. The molecule has 1 nitrogen and oxygen atoms in total. The molecule has 0 radical (unpaired) electrons. The zero-order chi connectivity index (χ0) is 18.7. The van der Waals surface area contributed by atoms with Gasteiger partial charge >= 0.3 is 0 Å². The van der Waals surface area contributed by atoms with Gasteiger partial charge in [0.15, 0.2) is 0 Å². The largest absolute Gasteiger partial charge is 0.456 e. The van der Waals surface area contributed by atoms with Crippen molar-refractivity contribution in [2.24, 2.45) is 0 Å². The smallest absolute Gasteiger partial charge is 0.136 e. The molecule has 0 spiro atoms. The number of furan rings is 1. The molecule has 0 saturated carbocycles. The van der Waals surface area contributed by atoms with Crippen LogP contribution in [0.1, 0.15) is 47.9 Å². The molecule has 2 heteroatoms. The summed E-state index contributed by atoms with van der Waals surface area (Å²) in [5.41, 5.74) is 11.2. The Labute approximate surface area is 173 Å².